The number of hydrogen-bond acceptors (Lipinski definition) is 9. The van der Waals surface area contributed by atoms with Crippen LogP contribution in [0.2, 0.25) is 23.3 Å². The monoisotopic (exact) mass is 676 g/mol. The Morgan fingerprint density at radius 3 is 2.35 bits per heavy atom. The number of amides is 1. The normalized spacial score (nSPS) is 17.5. The highest BCUT2D eigenvalue weighted by Crippen LogP contribution is 2.37. The predicted octanol–water partition coefficient (Wildman–Crippen LogP) is 7.54. The molecule has 1 aliphatic rings. The second-order valence-electron chi connectivity index (χ2n) is 14.3. The number of piperidine rings is 1. The Labute approximate surface area is 281 Å². The third kappa shape index (κ3) is 10.9. The SMILES string of the molecule is CCOC(=O)[C@@H]1CC[C@@H](Nc2nnc(Cl)c(CCCO[Si](C)(C)C(C)(C)C)c2COCc2ccccc2)CN1C(=O)OC(C)(C)C. The molecule has 12 heteroatoms. The molecule has 256 valence electrons. The minimum atomic E-state index is -1.89. The first kappa shape index (κ1) is 37.7. The summed E-state index contributed by atoms with van der Waals surface area (Å²) in [6.45, 7) is 20.1. The molecule has 1 saturated heterocycles. The molecular weight excluding hydrogens is 624 g/mol. The zero-order chi connectivity index (χ0) is 34.1. The summed E-state index contributed by atoms with van der Waals surface area (Å²) in [6, 6.07) is 9.01. The van der Waals surface area contributed by atoms with Gasteiger partial charge in [-0.25, -0.2) is 9.59 Å². The Morgan fingerprint density at radius 1 is 1.02 bits per heavy atom. The van der Waals surface area contributed by atoms with E-state index in [-0.39, 0.29) is 30.8 Å². The van der Waals surface area contributed by atoms with E-state index in [0.717, 1.165) is 23.1 Å². The summed E-state index contributed by atoms with van der Waals surface area (Å²) in [4.78, 5) is 27.5. The zero-order valence-electron chi connectivity index (χ0n) is 29.1. The van der Waals surface area contributed by atoms with Crippen LogP contribution in [-0.4, -0.2) is 72.9 Å². The van der Waals surface area contributed by atoms with Crippen molar-refractivity contribution in [3.05, 3.63) is 52.2 Å². The number of carbonyl (C=O) groups is 2. The third-order valence-corrected chi connectivity index (χ3v) is 13.3. The van der Waals surface area contributed by atoms with Crippen LogP contribution in [-0.2, 0) is 43.1 Å². The molecule has 46 heavy (non-hydrogen) atoms. The lowest BCUT2D eigenvalue weighted by Crippen LogP contribution is -2.55. The molecule has 2 aromatic rings. The van der Waals surface area contributed by atoms with Crippen LogP contribution in [0.25, 0.3) is 0 Å². The number of benzene rings is 1. The topological polar surface area (TPSA) is 112 Å². The van der Waals surface area contributed by atoms with Crippen molar-refractivity contribution >= 4 is 37.8 Å². The molecule has 1 aliphatic heterocycles. The standard InChI is InChI=1S/C34H53ClN4O6Si/c1-10-43-31(40)28-19-18-25(21-39(28)32(41)45-33(2,3)4)36-30-27(23-42-22-24-15-12-11-13-16-24)26(29(35)37-38-30)17-14-20-44-46(8,9)34(5,6)7/h11-13,15-16,25,28H,10,14,17-23H2,1-9H3,(H,36,38)/t25-,28+/m1/s1. The van der Waals surface area contributed by atoms with E-state index in [1.54, 1.807) is 27.7 Å². The smallest absolute Gasteiger partial charge is 0.411 e. The molecule has 1 N–H and O–H groups in total. The molecule has 10 nitrogen and oxygen atoms in total. The van der Waals surface area contributed by atoms with E-state index in [9.17, 15) is 9.59 Å². The fraction of sp³-hybridized carbons (Fsp3) is 0.647. The van der Waals surface area contributed by atoms with Gasteiger partial charge in [0.05, 0.1) is 19.8 Å². The Bertz CT molecular complexity index is 1300. The van der Waals surface area contributed by atoms with Crippen LogP contribution in [0.1, 0.15) is 84.4 Å². The Hall–Kier alpha value is -2.73. The van der Waals surface area contributed by atoms with E-state index >= 15 is 0 Å². The number of rotatable bonds is 13. The van der Waals surface area contributed by atoms with Crippen molar-refractivity contribution in [3.63, 3.8) is 0 Å². The van der Waals surface area contributed by atoms with Gasteiger partial charge in [-0.3, -0.25) is 4.90 Å². The van der Waals surface area contributed by atoms with Crippen molar-refractivity contribution < 1.29 is 28.2 Å². The van der Waals surface area contributed by atoms with Gasteiger partial charge in [-0.05, 0) is 77.1 Å². The van der Waals surface area contributed by atoms with Gasteiger partial charge in [-0.2, -0.15) is 0 Å². The van der Waals surface area contributed by atoms with E-state index < -0.39 is 32.0 Å². The summed E-state index contributed by atoms with van der Waals surface area (Å²) in [5.74, 6) is 0.108. The van der Waals surface area contributed by atoms with Gasteiger partial charge in [0, 0.05) is 30.3 Å². The van der Waals surface area contributed by atoms with Crippen LogP contribution in [0.4, 0.5) is 10.6 Å². The highest BCUT2D eigenvalue weighted by molar-refractivity contribution is 6.74. The van der Waals surface area contributed by atoms with Crippen molar-refractivity contribution in [2.45, 2.75) is 123 Å². The molecule has 3 rings (SSSR count). The Kier molecular flexibility index (Phi) is 13.4. The summed E-state index contributed by atoms with van der Waals surface area (Å²) in [7, 11) is -1.89. The number of nitrogens with zero attached hydrogens (tertiary/aromatic N) is 3. The molecular formula is C34H53ClN4O6Si. The number of ether oxygens (including phenoxy) is 3. The van der Waals surface area contributed by atoms with Gasteiger partial charge < -0.3 is 24.0 Å². The quantitative estimate of drug-likeness (QED) is 0.131. The number of carbonyl (C=O) groups excluding carboxylic acids is 2. The lowest BCUT2D eigenvalue weighted by molar-refractivity contribution is -0.150. The summed E-state index contributed by atoms with van der Waals surface area (Å²) >= 11 is 6.68. The van der Waals surface area contributed by atoms with Crippen LogP contribution in [0, 0.1) is 0 Å². The minimum absolute atomic E-state index is 0.121. The summed E-state index contributed by atoms with van der Waals surface area (Å²) in [5.41, 5.74) is 2.01. The fourth-order valence-electron chi connectivity index (χ4n) is 4.93. The van der Waals surface area contributed by atoms with Gasteiger partial charge in [-0.1, -0.05) is 62.7 Å². The largest absolute Gasteiger partial charge is 0.464 e. The number of likely N-dealkylation sites (tertiary alicyclic amines) is 1. The second kappa shape index (κ2) is 16.4. The maximum absolute atomic E-state index is 13.2. The van der Waals surface area contributed by atoms with Gasteiger partial charge >= 0.3 is 12.1 Å². The number of anilines is 1. The summed E-state index contributed by atoms with van der Waals surface area (Å²) < 4.78 is 23.6. The van der Waals surface area contributed by atoms with E-state index in [1.165, 1.54) is 4.90 Å². The van der Waals surface area contributed by atoms with Crippen LogP contribution in [0.5, 0.6) is 0 Å². The van der Waals surface area contributed by atoms with E-state index in [0.29, 0.717) is 43.4 Å². The maximum atomic E-state index is 13.2. The van der Waals surface area contributed by atoms with Crippen LogP contribution in [0.3, 0.4) is 0 Å². The van der Waals surface area contributed by atoms with E-state index in [2.05, 4.69) is 49.4 Å². The Balaban J connectivity index is 1.84. The van der Waals surface area contributed by atoms with Crippen LogP contribution in [0.15, 0.2) is 30.3 Å². The molecule has 0 saturated carbocycles. The van der Waals surface area contributed by atoms with Gasteiger partial charge in [0.2, 0.25) is 0 Å². The minimum Gasteiger partial charge on any atom is -0.464 e. The fourth-order valence-corrected chi connectivity index (χ4v) is 6.27. The van der Waals surface area contributed by atoms with Gasteiger partial charge in [-0.15, -0.1) is 10.2 Å². The van der Waals surface area contributed by atoms with E-state index in [1.807, 2.05) is 30.3 Å². The first-order valence-corrected chi connectivity index (χ1v) is 19.5. The van der Waals surface area contributed by atoms with Crippen molar-refractivity contribution in [1.82, 2.24) is 15.1 Å². The average Bonchev–Trinajstić information content (AvgIpc) is 2.96. The number of nitrogens with one attached hydrogen (secondary N) is 1. The molecule has 1 amide bonds. The first-order chi connectivity index (χ1) is 21.5. The maximum Gasteiger partial charge on any atom is 0.411 e. The van der Waals surface area contributed by atoms with E-state index in [4.69, 9.17) is 30.2 Å². The van der Waals surface area contributed by atoms with Crippen molar-refractivity contribution in [3.8, 4) is 0 Å². The number of aromatic nitrogens is 2. The molecule has 0 bridgehead atoms. The first-order valence-electron chi connectivity index (χ1n) is 16.2. The molecule has 1 aromatic carbocycles. The van der Waals surface area contributed by atoms with Crippen LogP contribution >= 0.6 is 11.6 Å². The Morgan fingerprint density at radius 2 is 1.72 bits per heavy atom. The number of hydrogen-bond donors (Lipinski definition) is 1. The summed E-state index contributed by atoms with van der Waals surface area (Å²) in [6.07, 6.45) is 1.86. The zero-order valence-corrected chi connectivity index (χ0v) is 30.8. The van der Waals surface area contributed by atoms with Crippen molar-refractivity contribution in [2.75, 3.05) is 25.1 Å². The molecule has 2 atom stereocenters. The molecule has 1 fully saturated rings. The van der Waals surface area contributed by atoms with Gasteiger partial charge in [0.15, 0.2) is 19.3 Å². The molecule has 0 aliphatic carbocycles. The summed E-state index contributed by atoms with van der Waals surface area (Å²) in [5, 5.41) is 12.7. The molecule has 1 aromatic heterocycles. The average molecular weight is 677 g/mol. The molecule has 0 spiro atoms. The molecule has 0 unspecified atom stereocenters. The number of esters is 1. The second-order valence-corrected chi connectivity index (χ2v) is 19.5. The van der Waals surface area contributed by atoms with Gasteiger partial charge in [0.1, 0.15) is 11.6 Å². The number of halogens is 1. The highest BCUT2D eigenvalue weighted by atomic mass is 35.5. The molecule has 0 radical (unpaired) electrons. The lowest BCUT2D eigenvalue weighted by atomic mass is 9.98. The third-order valence-electron chi connectivity index (χ3n) is 8.44. The predicted molar refractivity (Wildman–Crippen MR) is 183 cm³/mol. The van der Waals surface area contributed by atoms with Gasteiger partial charge in [0.25, 0.3) is 0 Å². The molecule has 2 heterocycles. The lowest BCUT2D eigenvalue weighted by Gasteiger charge is -2.39. The highest BCUT2D eigenvalue weighted by Gasteiger charge is 2.40. The van der Waals surface area contributed by atoms with Crippen molar-refractivity contribution in [1.29, 1.82) is 0 Å². The van der Waals surface area contributed by atoms with Crippen LogP contribution < -0.4 is 5.32 Å². The van der Waals surface area contributed by atoms with Crippen molar-refractivity contribution in [2.24, 2.45) is 0 Å².